The zero-order valence-corrected chi connectivity index (χ0v) is 11.8. The topological polar surface area (TPSA) is 38.3 Å². The molecule has 5 rings (SSSR count). The second-order valence-electron chi connectivity index (χ2n) is 6.99. The molecule has 1 saturated carbocycles. The third-order valence-electron chi connectivity index (χ3n) is 5.45. The molecule has 2 aliphatic carbocycles. The lowest BCUT2D eigenvalue weighted by molar-refractivity contribution is 0.282. The van der Waals surface area contributed by atoms with E-state index in [4.69, 9.17) is 14.7 Å². The minimum absolute atomic E-state index is 0.0625. The first-order chi connectivity index (χ1) is 9.65. The minimum Gasteiger partial charge on any atom is -0.366 e. The highest BCUT2D eigenvalue weighted by atomic mass is 16.6. The van der Waals surface area contributed by atoms with Crippen LogP contribution < -0.4 is 0 Å². The number of rotatable bonds is 1. The number of epoxide rings is 1. The molecular weight excluding hydrogens is 248 g/mol. The Hall–Kier alpha value is -1.48. The predicted molar refractivity (Wildman–Crippen MR) is 76.7 cm³/mol. The smallest absolute Gasteiger partial charge is 0.0908 e. The van der Waals surface area contributed by atoms with Gasteiger partial charge in [-0.25, -0.2) is 9.97 Å². The van der Waals surface area contributed by atoms with Crippen LogP contribution in [0.15, 0.2) is 24.3 Å². The van der Waals surface area contributed by atoms with Crippen molar-refractivity contribution >= 4 is 11.0 Å². The first-order valence-electron chi connectivity index (χ1n) is 7.59. The van der Waals surface area contributed by atoms with Gasteiger partial charge in [0.2, 0.25) is 0 Å². The Kier molecular flexibility index (Phi) is 1.90. The second-order valence-corrected chi connectivity index (χ2v) is 6.99. The standard InChI is InChI=1S/C17H18N2O/c1-17(2)16(20-17)13-9-7-8-10(13)15-14(9)18-11-5-3-4-6-12(11)19-15/h3-6,9-10,13,16H,7-8H2,1-2H3/t9-,10+,13?,16-/m0/s1. The van der Waals surface area contributed by atoms with E-state index in [0.717, 1.165) is 11.0 Å². The average Bonchev–Trinajstić information content (AvgIpc) is 2.83. The molecule has 3 nitrogen and oxygen atoms in total. The van der Waals surface area contributed by atoms with Crippen LogP contribution >= 0.6 is 0 Å². The molecule has 1 saturated heterocycles. The van der Waals surface area contributed by atoms with Crippen LogP contribution in [0.4, 0.5) is 0 Å². The molecule has 1 aromatic heterocycles. The molecule has 0 radical (unpaired) electrons. The van der Waals surface area contributed by atoms with Gasteiger partial charge in [0.05, 0.1) is 34.1 Å². The van der Waals surface area contributed by atoms with Gasteiger partial charge in [-0.1, -0.05) is 12.1 Å². The summed E-state index contributed by atoms with van der Waals surface area (Å²) >= 11 is 0. The van der Waals surface area contributed by atoms with Crippen LogP contribution in [0, 0.1) is 5.92 Å². The molecule has 3 heteroatoms. The minimum atomic E-state index is 0.0625. The van der Waals surface area contributed by atoms with Crippen molar-refractivity contribution in [3.05, 3.63) is 35.7 Å². The SMILES string of the molecule is CC1(C)O[C@H]1C1[C@@H]2CC[C@H]1c1nc3ccccc3nc12. The van der Waals surface area contributed by atoms with E-state index in [2.05, 4.69) is 26.0 Å². The monoisotopic (exact) mass is 266 g/mol. The largest absolute Gasteiger partial charge is 0.366 e. The van der Waals surface area contributed by atoms with Crippen molar-refractivity contribution in [1.29, 1.82) is 0 Å². The van der Waals surface area contributed by atoms with Crippen LogP contribution in [-0.2, 0) is 4.74 Å². The van der Waals surface area contributed by atoms with Crippen LogP contribution in [0.3, 0.4) is 0 Å². The van der Waals surface area contributed by atoms with Crippen molar-refractivity contribution in [2.45, 2.75) is 50.2 Å². The van der Waals surface area contributed by atoms with Crippen LogP contribution in [0.5, 0.6) is 0 Å². The normalized spacial score (nSPS) is 36.3. The van der Waals surface area contributed by atoms with Gasteiger partial charge in [-0.05, 0) is 38.8 Å². The summed E-state index contributed by atoms with van der Waals surface area (Å²) in [6.45, 7) is 4.41. The Labute approximate surface area is 118 Å². The van der Waals surface area contributed by atoms with E-state index in [1.54, 1.807) is 0 Å². The molecule has 2 heterocycles. The van der Waals surface area contributed by atoms with Gasteiger partial charge in [0.1, 0.15) is 0 Å². The molecule has 1 aliphatic heterocycles. The molecule has 2 bridgehead atoms. The Morgan fingerprint density at radius 3 is 1.95 bits per heavy atom. The maximum atomic E-state index is 5.94. The molecule has 20 heavy (non-hydrogen) atoms. The maximum Gasteiger partial charge on any atom is 0.0908 e. The van der Waals surface area contributed by atoms with Crippen LogP contribution in [0.2, 0.25) is 0 Å². The summed E-state index contributed by atoms with van der Waals surface area (Å²) in [7, 11) is 0. The van der Waals surface area contributed by atoms with Gasteiger partial charge in [0.15, 0.2) is 0 Å². The van der Waals surface area contributed by atoms with Crippen molar-refractivity contribution in [1.82, 2.24) is 9.97 Å². The molecule has 3 aliphatic rings. The number of benzene rings is 1. The van der Waals surface area contributed by atoms with Crippen molar-refractivity contribution < 1.29 is 4.74 Å². The molecule has 102 valence electrons. The van der Waals surface area contributed by atoms with E-state index in [1.807, 2.05) is 12.1 Å². The van der Waals surface area contributed by atoms with Gasteiger partial charge in [0, 0.05) is 17.8 Å². The van der Waals surface area contributed by atoms with Crippen LogP contribution in [-0.4, -0.2) is 21.7 Å². The van der Waals surface area contributed by atoms with Gasteiger partial charge in [0.25, 0.3) is 0 Å². The van der Waals surface area contributed by atoms with Crippen molar-refractivity contribution in [2.24, 2.45) is 5.92 Å². The second kappa shape index (κ2) is 3.40. The summed E-state index contributed by atoms with van der Waals surface area (Å²) in [5, 5.41) is 0. The Morgan fingerprint density at radius 1 is 1.00 bits per heavy atom. The Morgan fingerprint density at radius 2 is 1.50 bits per heavy atom. The fourth-order valence-corrected chi connectivity index (χ4v) is 4.49. The fourth-order valence-electron chi connectivity index (χ4n) is 4.49. The van der Waals surface area contributed by atoms with E-state index in [0.29, 0.717) is 23.9 Å². The third-order valence-corrected chi connectivity index (χ3v) is 5.45. The zero-order chi connectivity index (χ0) is 13.5. The van der Waals surface area contributed by atoms with Crippen molar-refractivity contribution in [3.8, 4) is 0 Å². The lowest BCUT2D eigenvalue weighted by Gasteiger charge is -2.13. The van der Waals surface area contributed by atoms with Crippen LogP contribution in [0.1, 0.15) is 49.9 Å². The van der Waals surface area contributed by atoms with Crippen molar-refractivity contribution in [3.63, 3.8) is 0 Å². The summed E-state index contributed by atoms with van der Waals surface area (Å²) in [5.41, 5.74) is 4.65. The molecule has 0 amide bonds. The Balaban J connectivity index is 1.66. The summed E-state index contributed by atoms with van der Waals surface area (Å²) in [5.74, 6) is 1.74. The molecule has 1 unspecified atom stereocenters. The number of ether oxygens (including phenoxy) is 1. The molecule has 0 N–H and O–H groups in total. The molecule has 2 fully saturated rings. The number of fused-ring (bicyclic) bond motifs is 6. The number of hydrogen-bond acceptors (Lipinski definition) is 3. The van der Waals surface area contributed by atoms with Crippen molar-refractivity contribution in [2.75, 3.05) is 0 Å². The quantitative estimate of drug-likeness (QED) is 0.742. The van der Waals surface area contributed by atoms with E-state index in [9.17, 15) is 0 Å². The summed E-state index contributed by atoms with van der Waals surface area (Å²) in [6.07, 6.45) is 2.91. The molecule has 0 spiro atoms. The first-order valence-corrected chi connectivity index (χ1v) is 7.59. The van der Waals surface area contributed by atoms with E-state index < -0.39 is 0 Å². The maximum absolute atomic E-state index is 5.94. The highest BCUT2D eigenvalue weighted by molar-refractivity contribution is 5.74. The number of aromatic nitrogens is 2. The summed E-state index contributed by atoms with van der Waals surface area (Å²) in [6, 6.07) is 8.23. The van der Waals surface area contributed by atoms with Gasteiger partial charge in [-0.15, -0.1) is 0 Å². The van der Waals surface area contributed by atoms with E-state index in [1.165, 1.54) is 24.2 Å². The predicted octanol–water partition coefficient (Wildman–Crippen LogP) is 3.40. The van der Waals surface area contributed by atoms with Gasteiger partial charge >= 0.3 is 0 Å². The van der Waals surface area contributed by atoms with E-state index in [-0.39, 0.29) is 5.60 Å². The molecular formula is C17H18N2O. The lowest BCUT2D eigenvalue weighted by Crippen LogP contribution is -2.17. The highest BCUT2D eigenvalue weighted by Gasteiger charge is 2.62. The number of para-hydroxylation sites is 2. The van der Waals surface area contributed by atoms with Gasteiger partial charge in [-0.2, -0.15) is 0 Å². The third kappa shape index (κ3) is 1.29. The zero-order valence-electron chi connectivity index (χ0n) is 11.8. The Bertz CT molecular complexity index is 674. The lowest BCUT2D eigenvalue weighted by atomic mass is 9.87. The average molecular weight is 266 g/mol. The molecule has 4 atom stereocenters. The molecule has 2 aromatic rings. The number of nitrogens with zero attached hydrogens (tertiary/aromatic N) is 2. The first kappa shape index (κ1) is 11.2. The highest BCUT2D eigenvalue weighted by Crippen LogP contribution is 2.62. The van der Waals surface area contributed by atoms with Crippen LogP contribution in [0.25, 0.3) is 11.0 Å². The fraction of sp³-hybridized carbons (Fsp3) is 0.529. The summed E-state index contributed by atoms with van der Waals surface area (Å²) < 4.78 is 5.94. The van der Waals surface area contributed by atoms with E-state index >= 15 is 0 Å². The van der Waals surface area contributed by atoms with Gasteiger partial charge in [-0.3, -0.25) is 0 Å². The molecule has 1 aromatic carbocycles. The number of hydrogen-bond donors (Lipinski definition) is 0. The summed E-state index contributed by atoms with van der Waals surface area (Å²) in [4.78, 5) is 9.86. The van der Waals surface area contributed by atoms with Gasteiger partial charge < -0.3 is 4.74 Å².